The van der Waals surface area contributed by atoms with Crippen LogP contribution >= 0.6 is 0 Å². The van der Waals surface area contributed by atoms with Gasteiger partial charge in [-0.15, -0.1) is 5.92 Å². The van der Waals surface area contributed by atoms with Crippen molar-refractivity contribution in [3.05, 3.63) is 68.9 Å². The molecule has 184 valence electrons. The number of Topliss-reactive ketones (excluding diaryl/α,β-unsaturated/α-hetero) is 1. The van der Waals surface area contributed by atoms with Crippen molar-refractivity contribution in [3.8, 4) is 11.8 Å². The highest BCUT2D eigenvalue weighted by atomic mass is 16.2. The monoisotopic (exact) mass is 484 g/mol. The van der Waals surface area contributed by atoms with Crippen molar-refractivity contribution in [1.29, 1.82) is 0 Å². The number of fused-ring (bicyclic) bond motifs is 2. The maximum absolute atomic E-state index is 13.7. The van der Waals surface area contributed by atoms with Crippen LogP contribution in [-0.4, -0.2) is 43.6 Å². The SMILES string of the molecule is CC#CCn1c(N2CCCC(N)C2)nc2c1c(=O)n(CC(=O)c1cccc3ccccc13)c(=O)n2C. The number of imidazole rings is 1. The first kappa shape index (κ1) is 23.6. The quantitative estimate of drug-likeness (QED) is 0.342. The predicted molar refractivity (Wildman–Crippen MR) is 140 cm³/mol. The summed E-state index contributed by atoms with van der Waals surface area (Å²) in [4.78, 5) is 47.1. The third-order valence-electron chi connectivity index (χ3n) is 6.76. The lowest BCUT2D eigenvalue weighted by Gasteiger charge is -2.31. The number of nitrogens with two attached hydrogens (primary N) is 1. The van der Waals surface area contributed by atoms with E-state index in [0.717, 1.165) is 34.7 Å². The molecule has 2 aromatic heterocycles. The van der Waals surface area contributed by atoms with Crippen LogP contribution in [0.4, 0.5) is 5.95 Å². The van der Waals surface area contributed by atoms with E-state index in [4.69, 9.17) is 10.7 Å². The van der Waals surface area contributed by atoms with Crippen LogP contribution in [0.15, 0.2) is 52.1 Å². The Labute approximate surface area is 207 Å². The van der Waals surface area contributed by atoms with Crippen molar-refractivity contribution in [1.82, 2.24) is 18.7 Å². The van der Waals surface area contributed by atoms with Crippen LogP contribution in [-0.2, 0) is 20.1 Å². The molecule has 9 heteroatoms. The average molecular weight is 485 g/mol. The normalized spacial score (nSPS) is 15.8. The molecule has 9 nitrogen and oxygen atoms in total. The van der Waals surface area contributed by atoms with E-state index in [2.05, 4.69) is 11.8 Å². The lowest BCUT2D eigenvalue weighted by atomic mass is 10.0. The van der Waals surface area contributed by atoms with Gasteiger partial charge in [-0.3, -0.25) is 23.3 Å². The van der Waals surface area contributed by atoms with Gasteiger partial charge >= 0.3 is 5.69 Å². The molecule has 1 aliphatic heterocycles. The number of hydrogen-bond donors (Lipinski definition) is 1. The number of nitrogens with zero attached hydrogens (tertiary/aromatic N) is 5. The number of rotatable bonds is 5. The molecule has 4 aromatic rings. The molecule has 0 radical (unpaired) electrons. The highest BCUT2D eigenvalue weighted by Gasteiger charge is 2.26. The summed E-state index contributed by atoms with van der Waals surface area (Å²) >= 11 is 0. The molecular weight excluding hydrogens is 456 g/mol. The van der Waals surface area contributed by atoms with Gasteiger partial charge < -0.3 is 10.6 Å². The minimum Gasteiger partial charge on any atom is -0.341 e. The molecule has 1 saturated heterocycles. The van der Waals surface area contributed by atoms with E-state index >= 15 is 0 Å². The van der Waals surface area contributed by atoms with E-state index in [9.17, 15) is 14.4 Å². The topological polar surface area (TPSA) is 108 Å². The molecule has 3 heterocycles. The Kier molecular flexibility index (Phi) is 6.20. The summed E-state index contributed by atoms with van der Waals surface area (Å²) < 4.78 is 4.07. The molecule has 1 unspecified atom stereocenters. The van der Waals surface area contributed by atoms with E-state index in [-0.39, 0.29) is 36.1 Å². The Hall–Kier alpha value is -4.16. The standard InChI is InChI=1S/C27H28N6O3/c1-3-4-15-32-23-24(29-26(32)31-14-8-11-19(28)16-31)30(2)27(36)33(25(23)35)17-22(34)21-13-7-10-18-9-5-6-12-20(18)21/h5-7,9-10,12-13,19H,8,11,14-17,28H2,1-2H3. The van der Waals surface area contributed by atoms with E-state index in [1.807, 2.05) is 35.2 Å². The fourth-order valence-corrected chi connectivity index (χ4v) is 4.94. The van der Waals surface area contributed by atoms with E-state index < -0.39 is 11.2 Å². The second kappa shape index (κ2) is 9.47. The minimum absolute atomic E-state index is 0.00284. The molecule has 0 saturated carbocycles. The van der Waals surface area contributed by atoms with Gasteiger partial charge in [0.2, 0.25) is 5.95 Å². The summed E-state index contributed by atoms with van der Waals surface area (Å²) in [7, 11) is 1.57. The number of carbonyl (C=O) groups excluding carboxylic acids is 1. The zero-order valence-corrected chi connectivity index (χ0v) is 20.4. The highest BCUT2D eigenvalue weighted by Crippen LogP contribution is 2.23. The number of hydrogen-bond acceptors (Lipinski definition) is 6. The van der Waals surface area contributed by atoms with E-state index in [1.54, 1.807) is 30.7 Å². The number of aryl methyl sites for hydroxylation is 1. The van der Waals surface area contributed by atoms with Crippen molar-refractivity contribution >= 4 is 33.7 Å². The van der Waals surface area contributed by atoms with Crippen LogP contribution in [0.2, 0.25) is 0 Å². The zero-order chi connectivity index (χ0) is 25.4. The fourth-order valence-electron chi connectivity index (χ4n) is 4.94. The Balaban J connectivity index is 1.66. The van der Waals surface area contributed by atoms with Gasteiger partial charge in [0.25, 0.3) is 5.56 Å². The number of carbonyl (C=O) groups is 1. The van der Waals surface area contributed by atoms with E-state index in [0.29, 0.717) is 18.1 Å². The number of anilines is 1. The van der Waals surface area contributed by atoms with Gasteiger partial charge in [0, 0.05) is 31.7 Å². The molecular formula is C27H28N6O3. The first-order chi connectivity index (χ1) is 17.4. The predicted octanol–water partition coefficient (Wildman–Crippen LogP) is 1.88. The van der Waals surface area contributed by atoms with Crippen LogP contribution < -0.4 is 21.9 Å². The van der Waals surface area contributed by atoms with Gasteiger partial charge in [-0.1, -0.05) is 48.4 Å². The Morgan fingerprint density at radius 2 is 1.92 bits per heavy atom. The summed E-state index contributed by atoms with van der Waals surface area (Å²) in [6.07, 6.45) is 1.83. The maximum atomic E-state index is 13.7. The molecule has 2 aromatic carbocycles. The summed E-state index contributed by atoms with van der Waals surface area (Å²) in [5.74, 6) is 6.13. The Bertz CT molecular complexity index is 1660. The van der Waals surface area contributed by atoms with Crippen LogP contribution in [0.1, 0.15) is 30.1 Å². The highest BCUT2D eigenvalue weighted by molar-refractivity contribution is 6.08. The third-order valence-corrected chi connectivity index (χ3v) is 6.76. The van der Waals surface area contributed by atoms with Crippen LogP contribution in [0.5, 0.6) is 0 Å². The first-order valence-corrected chi connectivity index (χ1v) is 12.0. The maximum Gasteiger partial charge on any atom is 0.332 e. The first-order valence-electron chi connectivity index (χ1n) is 12.0. The number of ketones is 1. The number of piperidine rings is 1. The lowest BCUT2D eigenvalue weighted by molar-refractivity contribution is 0.0970. The van der Waals surface area contributed by atoms with Gasteiger partial charge in [0.05, 0.1) is 13.1 Å². The van der Waals surface area contributed by atoms with Crippen LogP contribution in [0.25, 0.3) is 21.9 Å². The van der Waals surface area contributed by atoms with Gasteiger partial charge in [0.1, 0.15) is 0 Å². The summed E-state index contributed by atoms with van der Waals surface area (Å²) in [6, 6.07) is 13.0. The molecule has 0 amide bonds. The average Bonchev–Trinajstić information content (AvgIpc) is 3.28. The van der Waals surface area contributed by atoms with Gasteiger partial charge in [-0.05, 0) is 30.5 Å². The summed E-state index contributed by atoms with van der Waals surface area (Å²) in [5.41, 5.74) is 6.04. The van der Waals surface area contributed by atoms with Gasteiger partial charge in [-0.2, -0.15) is 4.98 Å². The van der Waals surface area contributed by atoms with Crippen molar-refractivity contribution < 1.29 is 4.79 Å². The lowest BCUT2D eigenvalue weighted by Crippen LogP contribution is -2.44. The second-order valence-corrected chi connectivity index (χ2v) is 9.13. The molecule has 0 aliphatic carbocycles. The molecule has 2 N–H and O–H groups in total. The Morgan fingerprint density at radius 1 is 1.14 bits per heavy atom. The molecule has 0 spiro atoms. The van der Waals surface area contributed by atoms with Crippen LogP contribution in [0.3, 0.4) is 0 Å². The molecule has 36 heavy (non-hydrogen) atoms. The third kappa shape index (κ3) is 3.99. The molecule has 1 fully saturated rings. The second-order valence-electron chi connectivity index (χ2n) is 9.13. The van der Waals surface area contributed by atoms with E-state index in [1.165, 1.54) is 4.57 Å². The molecule has 5 rings (SSSR count). The van der Waals surface area contributed by atoms with Crippen molar-refractivity contribution in [2.45, 2.75) is 38.9 Å². The fraction of sp³-hybridized carbons (Fsp3) is 0.333. The molecule has 0 bridgehead atoms. The van der Waals surface area contributed by atoms with Crippen molar-refractivity contribution in [3.63, 3.8) is 0 Å². The smallest absolute Gasteiger partial charge is 0.332 e. The van der Waals surface area contributed by atoms with Crippen molar-refractivity contribution in [2.75, 3.05) is 18.0 Å². The largest absolute Gasteiger partial charge is 0.341 e. The number of aromatic nitrogens is 4. The Morgan fingerprint density at radius 3 is 2.69 bits per heavy atom. The van der Waals surface area contributed by atoms with Crippen molar-refractivity contribution in [2.24, 2.45) is 12.8 Å². The van der Waals surface area contributed by atoms with Crippen LogP contribution in [0, 0.1) is 11.8 Å². The zero-order valence-electron chi connectivity index (χ0n) is 20.4. The number of benzene rings is 2. The van der Waals surface area contributed by atoms with Gasteiger partial charge in [0.15, 0.2) is 16.9 Å². The molecule has 1 atom stereocenters. The summed E-state index contributed by atoms with van der Waals surface area (Å²) in [5, 5.41) is 1.70. The summed E-state index contributed by atoms with van der Waals surface area (Å²) in [6.45, 7) is 2.94. The minimum atomic E-state index is -0.589. The van der Waals surface area contributed by atoms with Gasteiger partial charge in [-0.25, -0.2) is 4.79 Å². The molecule has 1 aliphatic rings.